The predicted molar refractivity (Wildman–Crippen MR) is 76.3 cm³/mol. The van der Waals surface area contributed by atoms with Crippen molar-refractivity contribution >= 4 is 5.91 Å². The average molecular weight is 254 g/mol. The molecule has 0 aromatic heterocycles. The van der Waals surface area contributed by atoms with Crippen molar-refractivity contribution < 1.29 is 4.79 Å². The molecular formula is C15H30N2O. The summed E-state index contributed by atoms with van der Waals surface area (Å²) >= 11 is 0. The van der Waals surface area contributed by atoms with Crippen LogP contribution >= 0.6 is 0 Å². The summed E-state index contributed by atoms with van der Waals surface area (Å²) in [6, 6.07) is 0. The fourth-order valence-electron chi connectivity index (χ4n) is 2.67. The number of rotatable bonds is 9. The van der Waals surface area contributed by atoms with E-state index in [-0.39, 0.29) is 0 Å². The highest BCUT2D eigenvalue weighted by molar-refractivity contribution is 5.76. The monoisotopic (exact) mass is 254 g/mol. The summed E-state index contributed by atoms with van der Waals surface area (Å²) in [7, 11) is 0. The molecule has 0 aromatic carbocycles. The van der Waals surface area contributed by atoms with E-state index in [0.29, 0.717) is 18.2 Å². The lowest BCUT2D eigenvalue weighted by atomic mass is 9.85. The first kappa shape index (κ1) is 15.5. The summed E-state index contributed by atoms with van der Waals surface area (Å²) in [4.78, 5) is 14.2. The Bertz CT molecular complexity index is 239. The second kappa shape index (κ2) is 8.52. The molecule has 1 aliphatic rings. The van der Waals surface area contributed by atoms with E-state index >= 15 is 0 Å². The van der Waals surface area contributed by atoms with E-state index < -0.39 is 0 Å². The summed E-state index contributed by atoms with van der Waals surface area (Å²) in [6.07, 6.45) is 7.89. The molecule has 0 aromatic rings. The molecule has 1 unspecified atom stereocenters. The van der Waals surface area contributed by atoms with Gasteiger partial charge in [-0.3, -0.25) is 4.79 Å². The van der Waals surface area contributed by atoms with Crippen LogP contribution in [0.1, 0.15) is 58.8 Å². The molecule has 0 heterocycles. The summed E-state index contributed by atoms with van der Waals surface area (Å²) in [6.45, 7) is 6.88. The largest absolute Gasteiger partial charge is 0.343 e. The van der Waals surface area contributed by atoms with Gasteiger partial charge in [0.2, 0.25) is 5.91 Å². The average Bonchev–Trinajstić information content (AvgIpc) is 2.33. The second-order valence-electron chi connectivity index (χ2n) is 5.62. The van der Waals surface area contributed by atoms with Gasteiger partial charge in [-0.1, -0.05) is 19.8 Å². The number of nitrogens with zero attached hydrogens (tertiary/aromatic N) is 1. The maximum Gasteiger partial charge on any atom is 0.222 e. The molecule has 0 spiro atoms. The molecule has 1 amide bonds. The van der Waals surface area contributed by atoms with Crippen LogP contribution in [0.5, 0.6) is 0 Å². The quantitative estimate of drug-likeness (QED) is 0.687. The highest BCUT2D eigenvalue weighted by Gasteiger charge is 2.22. The van der Waals surface area contributed by atoms with E-state index in [9.17, 15) is 4.79 Å². The smallest absolute Gasteiger partial charge is 0.222 e. The van der Waals surface area contributed by atoms with Crippen LogP contribution in [0.4, 0.5) is 0 Å². The molecule has 1 fully saturated rings. The van der Waals surface area contributed by atoms with Crippen molar-refractivity contribution in [2.24, 2.45) is 17.6 Å². The Morgan fingerprint density at radius 2 is 2.06 bits per heavy atom. The molecule has 2 N–H and O–H groups in total. The van der Waals surface area contributed by atoms with Gasteiger partial charge < -0.3 is 10.6 Å². The maximum absolute atomic E-state index is 12.2. The molecule has 18 heavy (non-hydrogen) atoms. The van der Waals surface area contributed by atoms with Crippen LogP contribution in [0, 0.1) is 11.8 Å². The van der Waals surface area contributed by atoms with Gasteiger partial charge in [0.1, 0.15) is 0 Å². The van der Waals surface area contributed by atoms with Crippen molar-refractivity contribution in [3.63, 3.8) is 0 Å². The molecular weight excluding hydrogens is 224 g/mol. The first-order chi connectivity index (χ1) is 8.71. The Balaban J connectivity index is 2.27. The van der Waals surface area contributed by atoms with E-state index in [0.717, 1.165) is 44.8 Å². The fourth-order valence-corrected chi connectivity index (χ4v) is 2.67. The summed E-state index contributed by atoms with van der Waals surface area (Å²) in [5.41, 5.74) is 5.59. The highest BCUT2D eigenvalue weighted by atomic mass is 16.2. The van der Waals surface area contributed by atoms with Gasteiger partial charge in [-0.05, 0) is 51.0 Å². The van der Waals surface area contributed by atoms with Crippen molar-refractivity contribution in [2.75, 3.05) is 19.6 Å². The molecule has 3 heteroatoms. The first-order valence-corrected chi connectivity index (χ1v) is 7.69. The molecule has 1 saturated carbocycles. The summed E-state index contributed by atoms with van der Waals surface area (Å²) in [5.74, 6) is 1.75. The van der Waals surface area contributed by atoms with Crippen LogP contribution in [0.2, 0.25) is 0 Å². The lowest BCUT2D eigenvalue weighted by Gasteiger charge is -2.32. The Hall–Kier alpha value is -0.570. The Morgan fingerprint density at radius 1 is 1.33 bits per heavy atom. The number of hydrogen-bond donors (Lipinski definition) is 1. The topological polar surface area (TPSA) is 46.3 Å². The van der Waals surface area contributed by atoms with E-state index in [4.69, 9.17) is 5.73 Å². The lowest BCUT2D eigenvalue weighted by Crippen LogP contribution is -2.37. The standard InChI is InChI=1S/C15H30N2O/c1-3-13(10-11-16)8-9-15(18)17(4-2)12-14-6-5-7-14/h13-14H,3-12,16H2,1-2H3. The number of amides is 1. The van der Waals surface area contributed by atoms with Gasteiger partial charge >= 0.3 is 0 Å². The van der Waals surface area contributed by atoms with Crippen molar-refractivity contribution in [1.82, 2.24) is 4.90 Å². The van der Waals surface area contributed by atoms with E-state index in [1.807, 2.05) is 0 Å². The maximum atomic E-state index is 12.2. The number of carbonyl (C=O) groups is 1. The van der Waals surface area contributed by atoms with Gasteiger partial charge in [-0.2, -0.15) is 0 Å². The van der Waals surface area contributed by atoms with Gasteiger partial charge in [0.25, 0.3) is 0 Å². The molecule has 0 bridgehead atoms. The van der Waals surface area contributed by atoms with Crippen LogP contribution in [0.3, 0.4) is 0 Å². The Labute approximate surface area is 112 Å². The summed E-state index contributed by atoms with van der Waals surface area (Å²) in [5, 5.41) is 0. The molecule has 1 atom stereocenters. The molecule has 1 aliphatic carbocycles. The normalized spacial score (nSPS) is 17.3. The first-order valence-electron chi connectivity index (χ1n) is 7.69. The Morgan fingerprint density at radius 3 is 2.50 bits per heavy atom. The zero-order valence-electron chi connectivity index (χ0n) is 12.2. The van der Waals surface area contributed by atoms with Crippen LogP contribution in [0.15, 0.2) is 0 Å². The van der Waals surface area contributed by atoms with Gasteiger partial charge in [-0.25, -0.2) is 0 Å². The minimum Gasteiger partial charge on any atom is -0.343 e. The van der Waals surface area contributed by atoms with E-state index in [1.54, 1.807) is 0 Å². The molecule has 3 nitrogen and oxygen atoms in total. The highest BCUT2D eigenvalue weighted by Crippen LogP contribution is 2.27. The van der Waals surface area contributed by atoms with Gasteiger partial charge in [0.15, 0.2) is 0 Å². The molecule has 0 radical (unpaired) electrons. The molecule has 106 valence electrons. The van der Waals surface area contributed by atoms with Gasteiger partial charge in [0, 0.05) is 19.5 Å². The second-order valence-corrected chi connectivity index (χ2v) is 5.62. The van der Waals surface area contributed by atoms with Crippen LogP contribution in [-0.2, 0) is 4.79 Å². The fraction of sp³-hybridized carbons (Fsp3) is 0.933. The van der Waals surface area contributed by atoms with Crippen molar-refractivity contribution in [1.29, 1.82) is 0 Å². The minimum absolute atomic E-state index is 0.347. The van der Waals surface area contributed by atoms with Crippen LogP contribution in [-0.4, -0.2) is 30.4 Å². The summed E-state index contributed by atoms with van der Waals surface area (Å²) < 4.78 is 0. The van der Waals surface area contributed by atoms with Crippen LogP contribution < -0.4 is 5.73 Å². The van der Waals surface area contributed by atoms with Crippen molar-refractivity contribution in [3.05, 3.63) is 0 Å². The van der Waals surface area contributed by atoms with E-state index in [1.165, 1.54) is 19.3 Å². The molecule has 0 saturated heterocycles. The predicted octanol–water partition coefficient (Wildman–Crippen LogP) is 2.79. The molecule has 0 aliphatic heterocycles. The lowest BCUT2D eigenvalue weighted by molar-refractivity contribution is -0.132. The van der Waals surface area contributed by atoms with E-state index in [2.05, 4.69) is 18.7 Å². The van der Waals surface area contributed by atoms with Crippen molar-refractivity contribution in [2.45, 2.75) is 58.8 Å². The third-order valence-electron chi connectivity index (χ3n) is 4.36. The third kappa shape index (κ3) is 4.97. The van der Waals surface area contributed by atoms with Gasteiger partial charge in [0.05, 0.1) is 0 Å². The molecule has 1 rings (SSSR count). The third-order valence-corrected chi connectivity index (χ3v) is 4.36. The number of hydrogen-bond acceptors (Lipinski definition) is 2. The van der Waals surface area contributed by atoms with Crippen molar-refractivity contribution in [3.8, 4) is 0 Å². The van der Waals surface area contributed by atoms with Crippen LogP contribution in [0.25, 0.3) is 0 Å². The SMILES string of the molecule is CCC(CCN)CCC(=O)N(CC)CC1CCC1. The zero-order chi connectivity index (χ0) is 13.4. The van der Waals surface area contributed by atoms with Gasteiger partial charge in [-0.15, -0.1) is 0 Å². The zero-order valence-corrected chi connectivity index (χ0v) is 12.2. The Kier molecular flexibility index (Phi) is 7.33. The number of carbonyl (C=O) groups excluding carboxylic acids is 1. The number of nitrogens with two attached hydrogens (primary N) is 1. The minimum atomic E-state index is 0.347.